The highest BCUT2D eigenvalue weighted by molar-refractivity contribution is 6.31. The lowest BCUT2D eigenvalue weighted by molar-refractivity contribution is -0.140. The van der Waals surface area contributed by atoms with Crippen LogP contribution in [0.1, 0.15) is 44.4 Å². The summed E-state index contributed by atoms with van der Waals surface area (Å²) in [7, 11) is 0. The molecule has 0 fully saturated rings. The molecule has 0 heterocycles. The molecule has 0 aliphatic rings. The average Bonchev–Trinajstić information content (AvgIpc) is 2.61. The third-order valence-corrected chi connectivity index (χ3v) is 4.94. The number of carbonyl (C=O) groups is 2. The molecule has 0 saturated heterocycles. The molecule has 0 radical (unpaired) electrons. The van der Waals surface area contributed by atoms with Crippen molar-refractivity contribution in [1.29, 1.82) is 0 Å². The van der Waals surface area contributed by atoms with Gasteiger partial charge < -0.3 is 10.2 Å². The highest BCUT2D eigenvalue weighted by atomic mass is 35.5. The minimum atomic E-state index is -0.619. The molecule has 2 amide bonds. The van der Waals surface area contributed by atoms with E-state index in [-0.39, 0.29) is 30.3 Å². The maximum absolute atomic E-state index is 13.2. The van der Waals surface area contributed by atoms with Crippen LogP contribution in [0.3, 0.4) is 0 Å². The van der Waals surface area contributed by atoms with Crippen LogP contribution in [0, 0.1) is 6.92 Å². The van der Waals surface area contributed by atoms with E-state index in [1.807, 2.05) is 70.2 Å². The maximum Gasteiger partial charge on any atom is 0.242 e. The van der Waals surface area contributed by atoms with E-state index in [9.17, 15) is 9.59 Å². The fourth-order valence-corrected chi connectivity index (χ4v) is 3.14. The van der Waals surface area contributed by atoms with Gasteiger partial charge in [0.05, 0.1) is 6.42 Å². The van der Waals surface area contributed by atoms with Gasteiger partial charge in [0, 0.05) is 17.1 Å². The van der Waals surface area contributed by atoms with E-state index in [2.05, 4.69) is 5.32 Å². The van der Waals surface area contributed by atoms with Gasteiger partial charge in [0.15, 0.2) is 0 Å². The molecule has 150 valence electrons. The zero-order valence-corrected chi connectivity index (χ0v) is 18.0. The summed E-state index contributed by atoms with van der Waals surface area (Å²) >= 11 is 6.31. The lowest BCUT2D eigenvalue weighted by Gasteiger charge is -2.32. The molecule has 1 atom stereocenters. The van der Waals surface area contributed by atoms with Crippen molar-refractivity contribution in [1.82, 2.24) is 10.2 Å². The summed E-state index contributed by atoms with van der Waals surface area (Å²) in [5.41, 5.74) is 2.46. The summed E-state index contributed by atoms with van der Waals surface area (Å²) in [5, 5.41) is 3.55. The predicted octanol–water partition coefficient (Wildman–Crippen LogP) is 4.52. The smallest absolute Gasteiger partial charge is 0.242 e. The summed E-state index contributed by atoms with van der Waals surface area (Å²) in [4.78, 5) is 27.6. The maximum atomic E-state index is 13.2. The Morgan fingerprint density at radius 3 is 2.18 bits per heavy atom. The van der Waals surface area contributed by atoms with Gasteiger partial charge in [-0.3, -0.25) is 9.59 Å². The van der Waals surface area contributed by atoms with Crippen LogP contribution in [0.25, 0.3) is 0 Å². The van der Waals surface area contributed by atoms with Crippen molar-refractivity contribution in [2.24, 2.45) is 0 Å². The van der Waals surface area contributed by atoms with Gasteiger partial charge in [0.25, 0.3) is 0 Å². The highest BCUT2D eigenvalue weighted by Crippen LogP contribution is 2.20. The summed E-state index contributed by atoms with van der Waals surface area (Å²) in [6, 6.07) is 14.6. The van der Waals surface area contributed by atoms with Crippen LogP contribution < -0.4 is 5.32 Å². The van der Waals surface area contributed by atoms with Gasteiger partial charge in [-0.1, -0.05) is 54.1 Å². The molecule has 2 aromatic carbocycles. The van der Waals surface area contributed by atoms with Crippen LogP contribution >= 0.6 is 11.6 Å². The predicted molar refractivity (Wildman–Crippen MR) is 114 cm³/mol. The summed E-state index contributed by atoms with van der Waals surface area (Å²) in [6.07, 6.45) is 0.240. The van der Waals surface area contributed by atoms with Crippen molar-refractivity contribution >= 4 is 23.4 Å². The molecule has 2 aromatic rings. The first kappa shape index (κ1) is 22.0. The summed E-state index contributed by atoms with van der Waals surface area (Å²) < 4.78 is 0. The van der Waals surface area contributed by atoms with Crippen molar-refractivity contribution in [2.75, 3.05) is 0 Å². The number of hydrogen-bond donors (Lipinski definition) is 1. The molecule has 0 aliphatic heterocycles. The van der Waals surface area contributed by atoms with E-state index in [4.69, 9.17) is 11.6 Å². The Morgan fingerprint density at radius 2 is 1.61 bits per heavy atom. The van der Waals surface area contributed by atoms with Crippen molar-refractivity contribution < 1.29 is 9.59 Å². The molecule has 1 unspecified atom stereocenters. The second-order valence-electron chi connectivity index (χ2n) is 8.13. The summed E-state index contributed by atoms with van der Waals surface area (Å²) in [6.45, 7) is 9.79. The average molecular weight is 401 g/mol. The molecule has 0 bridgehead atoms. The minimum absolute atomic E-state index is 0.106. The number of halogens is 1. The van der Waals surface area contributed by atoms with Crippen molar-refractivity contribution in [3.8, 4) is 0 Å². The molecule has 2 rings (SSSR count). The van der Waals surface area contributed by atoms with Gasteiger partial charge in [-0.05, 0) is 57.4 Å². The standard InChI is InChI=1S/C23H29ClN2O2/c1-16-10-6-7-11-18(16)14-21(27)26(15-19-12-8-9-13-20(19)24)17(2)22(28)25-23(3,4)5/h6-13,17H,14-15H2,1-5H3,(H,25,28). The van der Waals surface area contributed by atoms with Crippen molar-refractivity contribution in [3.05, 3.63) is 70.2 Å². The summed E-state index contributed by atoms with van der Waals surface area (Å²) in [5.74, 6) is -0.288. The molecule has 1 N–H and O–H groups in total. The van der Waals surface area contributed by atoms with Crippen molar-refractivity contribution in [2.45, 2.75) is 59.2 Å². The van der Waals surface area contributed by atoms with E-state index in [1.54, 1.807) is 17.9 Å². The monoisotopic (exact) mass is 400 g/mol. The van der Waals surface area contributed by atoms with Gasteiger partial charge in [0.2, 0.25) is 11.8 Å². The van der Waals surface area contributed by atoms with E-state index in [0.717, 1.165) is 16.7 Å². The minimum Gasteiger partial charge on any atom is -0.350 e. The van der Waals surface area contributed by atoms with Crippen LogP contribution in [0.15, 0.2) is 48.5 Å². The number of amides is 2. The van der Waals surface area contributed by atoms with E-state index in [1.165, 1.54) is 0 Å². The quantitative estimate of drug-likeness (QED) is 0.774. The van der Waals surface area contributed by atoms with Crippen LogP contribution in [0.4, 0.5) is 0 Å². The van der Waals surface area contributed by atoms with Crippen LogP contribution in [-0.2, 0) is 22.6 Å². The normalized spacial score (nSPS) is 12.4. The number of carbonyl (C=O) groups excluding carboxylic acids is 2. The van der Waals surface area contributed by atoms with Crippen LogP contribution in [0.2, 0.25) is 5.02 Å². The molecule has 0 spiro atoms. The number of nitrogens with zero attached hydrogens (tertiary/aromatic N) is 1. The Morgan fingerprint density at radius 1 is 1.04 bits per heavy atom. The van der Waals surface area contributed by atoms with Gasteiger partial charge in [-0.2, -0.15) is 0 Å². The zero-order valence-electron chi connectivity index (χ0n) is 17.3. The van der Waals surface area contributed by atoms with E-state index >= 15 is 0 Å². The number of benzene rings is 2. The lowest BCUT2D eigenvalue weighted by Crippen LogP contribution is -2.52. The molecule has 0 aliphatic carbocycles. The number of hydrogen-bond acceptors (Lipinski definition) is 2. The molecule has 5 heteroatoms. The first-order valence-corrected chi connectivity index (χ1v) is 9.85. The Labute approximate surface area is 172 Å². The highest BCUT2D eigenvalue weighted by Gasteiger charge is 2.29. The third kappa shape index (κ3) is 6.10. The molecular formula is C23H29ClN2O2. The molecule has 0 saturated carbocycles. The number of nitrogens with one attached hydrogen (secondary N) is 1. The van der Waals surface area contributed by atoms with Crippen LogP contribution in [-0.4, -0.2) is 28.3 Å². The SMILES string of the molecule is Cc1ccccc1CC(=O)N(Cc1ccccc1Cl)C(C)C(=O)NC(C)(C)C. The van der Waals surface area contributed by atoms with Gasteiger partial charge >= 0.3 is 0 Å². The van der Waals surface area contributed by atoms with Crippen molar-refractivity contribution in [3.63, 3.8) is 0 Å². The third-order valence-electron chi connectivity index (χ3n) is 4.57. The van der Waals surface area contributed by atoms with Crippen LogP contribution in [0.5, 0.6) is 0 Å². The first-order valence-electron chi connectivity index (χ1n) is 9.48. The molecule has 4 nitrogen and oxygen atoms in total. The van der Waals surface area contributed by atoms with E-state index < -0.39 is 6.04 Å². The van der Waals surface area contributed by atoms with Gasteiger partial charge in [0.1, 0.15) is 6.04 Å². The second kappa shape index (κ2) is 9.24. The Balaban J connectivity index is 2.29. The Kier molecular flexibility index (Phi) is 7.25. The second-order valence-corrected chi connectivity index (χ2v) is 8.54. The van der Waals surface area contributed by atoms with E-state index in [0.29, 0.717) is 5.02 Å². The fraction of sp³-hybridized carbons (Fsp3) is 0.391. The van der Waals surface area contributed by atoms with Gasteiger partial charge in [-0.25, -0.2) is 0 Å². The topological polar surface area (TPSA) is 49.4 Å². The number of aryl methyl sites for hydroxylation is 1. The Hall–Kier alpha value is -2.33. The first-order chi connectivity index (χ1) is 13.1. The van der Waals surface area contributed by atoms with Gasteiger partial charge in [-0.15, -0.1) is 0 Å². The fourth-order valence-electron chi connectivity index (χ4n) is 2.94. The number of rotatable bonds is 6. The molecule has 28 heavy (non-hydrogen) atoms. The zero-order chi connectivity index (χ0) is 20.9. The molecule has 0 aromatic heterocycles. The molecular weight excluding hydrogens is 372 g/mol. The largest absolute Gasteiger partial charge is 0.350 e. The lowest BCUT2D eigenvalue weighted by atomic mass is 10.0. The Bertz CT molecular complexity index is 842.